The first-order valence-corrected chi connectivity index (χ1v) is 6.91. The third kappa shape index (κ3) is 2.34. The lowest BCUT2D eigenvalue weighted by Crippen LogP contribution is -2.40. The van der Waals surface area contributed by atoms with E-state index >= 15 is 0 Å². The van der Waals surface area contributed by atoms with Crippen molar-refractivity contribution in [2.75, 3.05) is 13.2 Å². The summed E-state index contributed by atoms with van der Waals surface area (Å²) in [6.45, 7) is 1.49. The highest BCUT2D eigenvalue weighted by Gasteiger charge is 2.47. The lowest BCUT2D eigenvalue weighted by molar-refractivity contribution is -0.192. The van der Waals surface area contributed by atoms with Crippen molar-refractivity contribution in [3.63, 3.8) is 0 Å². The van der Waals surface area contributed by atoms with Crippen LogP contribution in [-0.2, 0) is 9.47 Å². The number of ether oxygens (including phenoxy) is 2. The molecular formula is C14H21NO2. The molecule has 0 amide bonds. The lowest BCUT2D eigenvalue weighted by Gasteiger charge is -2.43. The number of hydrogen-bond acceptors (Lipinski definition) is 3. The molecule has 0 atom stereocenters. The molecule has 0 unspecified atom stereocenters. The number of nitrogens with zero attached hydrogens (tertiary/aromatic N) is 1. The molecule has 0 aromatic heterocycles. The Bertz CT molecular complexity index is 314. The van der Waals surface area contributed by atoms with Gasteiger partial charge in [0.15, 0.2) is 5.79 Å². The average Bonchev–Trinajstić information content (AvgIpc) is 3.02. The van der Waals surface area contributed by atoms with Crippen LogP contribution in [0.5, 0.6) is 0 Å². The molecule has 1 spiro atoms. The van der Waals surface area contributed by atoms with Gasteiger partial charge in [-0.25, -0.2) is 0 Å². The number of hydrogen-bond donors (Lipinski definition) is 0. The Labute approximate surface area is 103 Å². The molecule has 0 bridgehead atoms. The summed E-state index contributed by atoms with van der Waals surface area (Å²) in [5.41, 5.74) is 0.274. The van der Waals surface area contributed by atoms with Crippen LogP contribution in [-0.4, -0.2) is 19.0 Å². The van der Waals surface area contributed by atoms with Gasteiger partial charge in [0, 0.05) is 19.3 Å². The predicted molar refractivity (Wildman–Crippen MR) is 63.1 cm³/mol. The second kappa shape index (κ2) is 4.26. The smallest absolute Gasteiger partial charge is 0.168 e. The van der Waals surface area contributed by atoms with E-state index in [-0.39, 0.29) is 11.2 Å². The van der Waals surface area contributed by atoms with E-state index in [1.54, 1.807) is 0 Å². The third-order valence-corrected chi connectivity index (χ3v) is 4.76. The van der Waals surface area contributed by atoms with Gasteiger partial charge in [-0.1, -0.05) is 12.8 Å². The molecule has 0 N–H and O–H groups in total. The summed E-state index contributed by atoms with van der Waals surface area (Å²) < 4.78 is 11.5. The Kier molecular flexibility index (Phi) is 2.88. The molecule has 3 heteroatoms. The molecule has 2 aliphatic carbocycles. The Hall–Kier alpha value is -0.590. The van der Waals surface area contributed by atoms with E-state index in [1.165, 1.54) is 19.3 Å². The highest BCUT2D eigenvalue weighted by Crippen LogP contribution is 2.52. The van der Waals surface area contributed by atoms with Gasteiger partial charge in [0.2, 0.25) is 0 Å². The fraction of sp³-hybridized carbons (Fsp3) is 0.929. The highest BCUT2D eigenvalue weighted by atomic mass is 16.7. The standard InChI is InChI=1S/C14H21NO2/c15-8-7-13(11-12-1-2-12)3-5-14(6-4-13)16-9-10-17-14/h12H,1-7,9-11H2. The van der Waals surface area contributed by atoms with Gasteiger partial charge in [0.25, 0.3) is 0 Å². The maximum absolute atomic E-state index is 9.06. The minimum absolute atomic E-state index is 0.274. The SMILES string of the molecule is N#CCC1(CC2CC2)CCC2(CC1)OCCO2. The normalized spacial score (nSPS) is 30.3. The van der Waals surface area contributed by atoms with Crippen LogP contribution < -0.4 is 0 Å². The molecule has 0 aromatic rings. The van der Waals surface area contributed by atoms with Crippen molar-refractivity contribution in [2.45, 2.75) is 57.2 Å². The van der Waals surface area contributed by atoms with Crippen LogP contribution in [0.4, 0.5) is 0 Å². The van der Waals surface area contributed by atoms with Gasteiger partial charge in [0.1, 0.15) is 0 Å². The van der Waals surface area contributed by atoms with E-state index in [0.717, 1.165) is 51.2 Å². The van der Waals surface area contributed by atoms with Crippen molar-refractivity contribution < 1.29 is 9.47 Å². The second-order valence-corrected chi connectivity index (χ2v) is 6.09. The van der Waals surface area contributed by atoms with E-state index in [9.17, 15) is 0 Å². The Morgan fingerprint density at radius 2 is 1.71 bits per heavy atom. The second-order valence-electron chi connectivity index (χ2n) is 6.09. The molecule has 0 radical (unpaired) electrons. The molecule has 3 aliphatic rings. The first kappa shape index (κ1) is 11.5. The van der Waals surface area contributed by atoms with Crippen molar-refractivity contribution in [1.82, 2.24) is 0 Å². The maximum Gasteiger partial charge on any atom is 0.168 e. The largest absolute Gasteiger partial charge is 0.348 e. The summed E-state index contributed by atoms with van der Waals surface area (Å²) in [7, 11) is 0. The summed E-state index contributed by atoms with van der Waals surface area (Å²) >= 11 is 0. The van der Waals surface area contributed by atoms with Gasteiger partial charge in [-0.3, -0.25) is 0 Å². The summed E-state index contributed by atoms with van der Waals surface area (Å²) in [4.78, 5) is 0. The summed E-state index contributed by atoms with van der Waals surface area (Å²) in [5, 5.41) is 9.06. The topological polar surface area (TPSA) is 42.2 Å². The summed E-state index contributed by atoms with van der Waals surface area (Å²) in [6.07, 6.45) is 8.93. The van der Waals surface area contributed by atoms with Crippen molar-refractivity contribution in [3.8, 4) is 6.07 Å². The van der Waals surface area contributed by atoms with Gasteiger partial charge in [-0.2, -0.15) is 5.26 Å². The molecule has 1 aliphatic heterocycles. The van der Waals surface area contributed by atoms with Gasteiger partial charge < -0.3 is 9.47 Å². The van der Waals surface area contributed by atoms with Gasteiger partial charge in [-0.05, 0) is 30.6 Å². The van der Waals surface area contributed by atoms with E-state index in [0.29, 0.717) is 0 Å². The zero-order chi connectivity index (χ0) is 11.8. The maximum atomic E-state index is 9.06. The monoisotopic (exact) mass is 235 g/mol. The van der Waals surface area contributed by atoms with Crippen molar-refractivity contribution in [1.29, 1.82) is 5.26 Å². The molecule has 3 rings (SSSR count). The van der Waals surface area contributed by atoms with Crippen LogP contribution >= 0.6 is 0 Å². The Balaban J connectivity index is 1.64. The summed E-state index contributed by atoms with van der Waals surface area (Å²) in [6, 6.07) is 2.41. The molecule has 1 heterocycles. The van der Waals surface area contributed by atoms with Gasteiger partial charge in [-0.15, -0.1) is 0 Å². The van der Waals surface area contributed by atoms with Crippen LogP contribution in [0, 0.1) is 22.7 Å². The molecule has 94 valence electrons. The molecule has 2 saturated carbocycles. The fourth-order valence-corrected chi connectivity index (χ4v) is 3.50. The van der Waals surface area contributed by atoms with E-state index < -0.39 is 0 Å². The molecule has 17 heavy (non-hydrogen) atoms. The zero-order valence-corrected chi connectivity index (χ0v) is 10.4. The van der Waals surface area contributed by atoms with Gasteiger partial charge >= 0.3 is 0 Å². The van der Waals surface area contributed by atoms with Crippen LogP contribution in [0.15, 0.2) is 0 Å². The number of rotatable bonds is 3. The highest BCUT2D eigenvalue weighted by molar-refractivity contribution is 4.98. The van der Waals surface area contributed by atoms with Crippen LogP contribution in [0.3, 0.4) is 0 Å². The minimum Gasteiger partial charge on any atom is -0.348 e. The van der Waals surface area contributed by atoms with Crippen LogP contribution in [0.1, 0.15) is 51.4 Å². The summed E-state index contributed by atoms with van der Waals surface area (Å²) in [5.74, 6) is 0.630. The fourth-order valence-electron chi connectivity index (χ4n) is 3.50. The first-order valence-electron chi connectivity index (χ1n) is 6.91. The molecule has 3 nitrogen and oxygen atoms in total. The van der Waals surface area contributed by atoms with E-state index in [2.05, 4.69) is 6.07 Å². The van der Waals surface area contributed by atoms with Crippen molar-refractivity contribution >= 4 is 0 Å². The van der Waals surface area contributed by atoms with Crippen LogP contribution in [0.25, 0.3) is 0 Å². The van der Waals surface area contributed by atoms with Crippen molar-refractivity contribution in [3.05, 3.63) is 0 Å². The average molecular weight is 235 g/mol. The quantitative estimate of drug-likeness (QED) is 0.755. The molecule has 1 saturated heterocycles. The Morgan fingerprint density at radius 1 is 1.06 bits per heavy atom. The Morgan fingerprint density at radius 3 is 2.24 bits per heavy atom. The van der Waals surface area contributed by atoms with Crippen LogP contribution in [0.2, 0.25) is 0 Å². The van der Waals surface area contributed by atoms with E-state index in [1.807, 2.05) is 0 Å². The molecule has 3 fully saturated rings. The van der Waals surface area contributed by atoms with E-state index in [4.69, 9.17) is 14.7 Å². The molecular weight excluding hydrogens is 214 g/mol. The zero-order valence-electron chi connectivity index (χ0n) is 10.4. The molecule has 0 aromatic carbocycles. The minimum atomic E-state index is -0.275. The lowest BCUT2D eigenvalue weighted by atomic mass is 9.67. The van der Waals surface area contributed by atoms with Gasteiger partial charge in [0.05, 0.1) is 19.3 Å². The first-order chi connectivity index (χ1) is 8.26. The predicted octanol–water partition coefficient (Wildman–Crippen LogP) is 3.00. The third-order valence-electron chi connectivity index (χ3n) is 4.76. The van der Waals surface area contributed by atoms with Crippen molar-refractivity contribution in [2.24, 2.45) is 11.3 Å². The number of nitriles is 1.